The van der Waals surface area contributed by atoms with Gasteiger partial charge in [0.15, 0.2) is 0 Å². The molecule has 0 spiro atoms. The molecule has 0 bridgehead atoms. The molecule has 2 heterocycles. The summed E-state index contributed by atoms with van der Waals surface area (Å²) in [6.07, 6.45) is 2.44. The van der Waals surface area contributed by atoms with Gasteiger partial charge in [-0.25, -0.2) is 4.98 Å². The maximum Gasteiger partial charge on any atom is 0.306 e. The fraction of sp³-hybridized carbons (Fsp3) is 0.417. The molecule has 1 aromatic rings. The second-order valence-electron chi connectivity index (χ2n) is 4.27. The standard InChI is InChI=1S/C12H13ClN2O3/c13-10-2-1-9(7-14-10)11(16)15-5-3-8(4-6-15)12(17)18/h1-2,7-8H,3-6H2,(H,17,18). The van der Waals surface area contributed by atoms with Gasteiger partial charge in [0.25, 0.3) is 5.91 Å². The molecule has 6 heteroatoms. The number of likely N-dealkylation sites (tertiary alicyclic amines) is 1. The van der Waals surface area contributed by atoms with E-state index in [0.717, 1.165) is 0 Å². The second-order valence-corrected chi connectivity index (χ2v) is 4.66. The number of piperidine rings is 1. The van der Waals surface area contributed by atoms with E-state index in [9.17, 15) is 9.59 Å². The Balaban J connectivity index is 1.99. The minimum atomic E-state index is -0.782. The van der Waals surface area contributed by atoms with E-state index in [1.807, 2.05) is 0 Å². The van der Waals surface area contributed by atoms with E-state index in [2.05, 4.69) is 4.98 Å². The molecule has 96 valence electrons. The Morgan fingerprint density at radius 3 is 2.50 bits per heavy atom. The molecule has 1 saturated heterocycles. The molecule has 1 amide bonds. The van der Waals surface area contributed by atoms with Crippen molar-refractivity contribution in [1.82, 2.24) is 9.88 Å². The van der Waals surface area contributed by atoms with Crippen LogP contribution in [0.3, 0.4) is 0 Å². The van der Waals surface area contributed by atoms with Crippen LogP contribution in [0.25, 0.3) is 0 Å². The Hall–Kier alpha value is -1.62. The van der Waals surface area contributed by atoms with E-state index >= 15 is 0 Å². The quantitative estimate of drug-likeness (QED) is 0.829. The maximum absolute atomic E-state index is 12.1. The normalized spacial score (nSPS) is 16.6. The Labute approximate surface area is 109 Å². The molecule has 0 aromatic carbocycles. The van der Waals surface area contributed by atoms with Crippen molar-refractivity contribution < 1.29 is 14.7 Å². The van der Waals surface area contributed by atoms with Crippen molar-refractivity contribution in [2.45, 2.75) is 12.8 Å². The first-order valence-corrected chi connectivity index (χ1v) is 6.09. The first kappa shape index (κ1) is 12.8. The molecule has 1 aromatic heterocycles. The number of carboxylic acids is 1. The summed E-state index contributed by atoms with van der Waals surface area (Å²) in [5, 5.41) is 9.23. The lowest BCUT2D eigenvalue weighted by molar-refractivity contribution is -0.143. The zero-order valence-electron chi connectivity index (χ0n) is 9.67. The summed E-state index contributed by atoms with van der Waals surface area (Å²) >= 11 is 5.65. The van der Waals surface area contributed by atoms with Gasteiger partial charge in [-0.3, -0.25) is 9.59 Å². The van der Waals surface area contributed by atoms with E-state index in [4.69, 9.17) is 16.7 Å². The van der Waals surface area contributed by atoms with Crippen LogP contribution < -0.4 is 0 Å². The third kappa shape index (κ3) is 2.79. The topological polar surface area (TPSA) is 70.5 Å². The van der Waals surface area contributed by atoms with Gasteiger partial charge >= 0.3 is 5.97 Å². The summed E-state index contributed by atoms with van der Waals surface area (Å²) in [5.74, 6) is -1.24. The third-order valence-corrected chi connectivity index (χ3v) is 3.33. The van der Waals surface area contributed by atoms with Gasteiger partial charge in [0.05, 0.1) is 11.5 Å². The van der Waals surface area contributed by atoms with E-state index in [1.165, 1.54) is 6.20 Å². The summed E-state index contributed by atoms with van der Waals surface area (Å²) in [4.78, 5) is 28.4. The van der Waals surface area contributed by atoms with Gasteiger partial charge in [0.1, 0.15) is 5.15 Å². The largest absolute Gasteiger partial charge is 0.481 e. The average Bonchev–Trinajstić information content (AvgIpc) is 2.39. The van der Waals surface area contributed by atoms with Crippen LogP contribution in [-0.4, -0.2) is 40.0 Å². The predicted octanol–water partition coefficient (Wildman–Crippen LogP) is 1.67. The number of hydrogen-bond donors (Lipinski definition) is 1. The Kier molecular flexibility index (Phi) is 3.81. The number of carbonyl (C=O) groups is 2. The summed E-state index contributed by atoms with van der Waals surface area (Å²) in [5.41, 5.74) is 0.480. The number of pyridine rings is 1. The fourth-order valence-electron chi connectivity index (χ4n) is 2.01. The SMILES string of the molecule is O=C(O)C1CCN(C(=O)c2ccc(Cl)nc2)CC1. The molecule has 0 unspecified atom stereocenters. The van der Waals surface area contributed by atoms with Crippen molar-refractivity contribution in [1.29, 1.82) is 0 Å². The number of carboxylic acid groups (broad SMARTS) is 1. The van der Waals surface area contributed by atoms with Gasteiger partial charge < -0.3 is 10.0 Å². The Morgan fingerprint density at radius 2 is 2.00 bits per heavy atom. The van der Waals surface area contributed by atoms with Crippen molar-refractivity contribution in [2.24, 2.45) is 5.92 Å². The van der Waals surface area contributed by atoms with Crippen LogP contribution in [0.2, 0.25) is 5.15 Å². The zero-order chi connectivity index (χ0) is 13.1. The number of carbonyl (C=O) groups excluding carboxylic acids is 1. The number of aromatic nitrogens is 1. The van der Waals surface area contributed by atoms with Crippen LogP contribution in [0.5, 0.6) is 0 Å². The lowest BCUT2D eigenvalue weighted by Gasteiger charge is -2.30. The minimum absolute atomic E-state index is 0.122. The van der Waals surface area contributed by atoms with Gasteiger partial charge in [-0.05, 0) is 25.0 Å². The summed E-state index contributed by atoms with van der Waals surface area (Å²) in [6.45, 7) is 0.941. The van der Waals surface area contributed by atoms with Gasteiger partial charge in [0.2, 0.25) is 0 Å². The van der Waals surface area contributed by atoms with Crippen molar-refractivity contribution in [3.05, 3.63) is 29.0 Å². The lowest BCUT2D eigenvalue weighted by Crippen LogP contribution is -2.40. The maximum atomic E-state index is 12.1. The molecule has 1 fully saturated rings. The monoisotopic (exact) mass is 268 g/mol. The molecule has 1 N–H and O–H groups in total. The molecule has 0 aliphatic carbocycles. The van der Waals surface area contributed by atoms with Crippen LogP contribution in [-0.2, 0) is 4.79 Å². The summed E-state index contributed by atoms with van der Waals surface area (Å²) < 4.78 is 0. The first-order chi connectivity index (χ1) is 8.58. The fourth-order valence-corrected chi connectivity index (χ4v) is 2.13. The highest BCUT2D eigenvalue weighted by Gasteiger charge is 2.27. The average molecular weight is 269 g/mol. The molecule has 0 saturated carbocycles. The molecule has 0 atom stereocenters. The van der Waals surface area contributed by atoms with Gasteiger partial charge in [-0.15, -0.1) is 0 Å². The summed E-state index contributed by atoms with van der Waals surface area (Å²) in [7, 11) is 0. The zero-order valence-corrected chi connectivity index (χ0v) is 10.4. The van der Waals surface area contributed by atoms with Crippen LogP contribution in [0.1, 0.15) is 23.2 Å². The van der Waals surface area contributed by atoms with Gasteiger partial charge in [0, 0.05) is 19.3 Å². The molecular formula is C12H13ClN2O3. The predicted molar refractivity (Wildman–Crippen MR) is 65.5 cm³/mol. The lowest BCUT2D eigenvalue weighted by atomic mass is 9.97. The van der Waals surface area contributed by atoms with Gasteiger partial charge in [-0.1, -0.05) is 11.6 Å². The number of nitrogens with zero attached hydrogens (tertiary/aromatic N) is 2. The molecule has 0 radical (unpaired) electrons. The number of hydrogen-bond acceptors (Lipinski definition) is 3. The molecule has 1 aliphatic heterocycles. The number of amides is 1. The summed E-state index contributed by atoms with van der Waals surface area (Å²) in [6, 6.07) is 3.19. The van der Waals surface area contributed by atoms with Crippen molar-refractivity contribution >= 4 is 23.5 Å². The van der Waals surface area contributed by atoms with E-state index in [0.29, 0.717) is 36.6 Å². The molecular weight excluding hydrogens is 256 g/mol. The highest BCUT2D eigenvalue weighted by molar-refractivity contribution is 6.29. The van der Waals surface area contributed by atoms with E-state index in [1.54, 1.807) is 17.0 Å². The van der Waals surface area contributed by atoms with Crippen molar-refractivity contribution in [2.75, 3.05) is 13.1 Å². The Bertz CT molecular complexity index is 453. The highest BCUT2D eigenvalue weighted by Crippen LogP contribution is 2.19. The van der Waals surface area contributed by atoms with E-state index in [-0.39, 0.29) is 11.8 Å². The van der Waals surface area contributed by atoms with Crippen LogP contribution in [0.15, 0.2) is 18.3 Å². The second kappa shape index (κ2) is 5.35. The number of halogens is 1. The molecule has 18 heavy (non-hydrogen) atoms. The minimum Gasteiger partial charge on any atom is -0.481 e. The smallest absolute Gasteiger partial charge is 0.306 e. The molecule has 2 rings (SSSR count). The highest BCUT2D eigenvalue weighted by atomic mass is 35.5. The Morgan fingerprint density at radius 1 is 1.33 bits per heavy atom. The molecule has 5 nitrogen and oxygen atoms in total. The molecule has 1 aliphatic rings. The number of rotatable bonds is 2. The van der Waals surface area contributed by atoms with E-state index < -0.39 is 5.97 Å². The van der Waals surface area contributed by atoms with Crippen LogP contribution in [0.4, 0.5) is 0 Å². The first-order valence-electron chi connectivity index (χ1n) is 5.71. The van der Waals surface area contributed by atoms with Crippen LogP contribution >= 0.6 is 11.6 Å². The van der Waals surface area contributed by atoms with Crippen LogP contribution in [0, 0.1) is 5.92 Å². The van der Waals surface area contributed by atoms with Crippen molar-refractivity contribution in [3.63, 3.8) is 0 Å². The third-order valence-electron chi connectivity index (χ3n) is 3.11. The van der Waals surface area contributed by atoms with Gasteiger partial charge in [-0.2, -0.15) is 0 Å². The number of aliphatic carboxylic acids is 1. The van der Waals surface area contributed by atoms with Crippen molar-refractivity contribution in [3.8, 4) is 0 Å².